The van der Waals surface area contributed by atoms with Crippen molar-refractivity contribution in [3.63, 3.8) is 0 Å². The molecule has 0 saturated heterocycles. The predicted molar refractivity (Wildman–Crippen MR) is 108 cm³/mol. The van der Waals surface area contributed by atoms with Crippen LogP contribution in [0.3, 0.4) is 0 Å². The molecule has 1 unspecified atom stereocenters. The molecule has 0 aliphatic rings. The minimum atomic E-state index is -0.486. The van der Waals surface area contributed by atoms with E-state index in [0.717, 1.165) is 32.1 Å². The molecule has 1 N–H and O–H groups in total. The second-order valence-electron chi connectivity index (χ2n) is 7.02. The third kappa shape index (κ3) is 17.9. The first-order valence-corrected chi connectivity index (χ1v) is 10.7. The molecule has 0 aromatic heterocycles. The number of hydrogen-bond donors (Lipinski definition) is 1. The van der Waals surface area contributed by atoms with E-state index in [0.29, 0.717) is 13.0 Å². The second-order valence-corrected chi connectivity index (χ2v) is 7.02. The summed E-state index contributed by atoms with van der Waals surface area (Å²) in [6, 6.07) is 0. The van der Waals surface area contributed by atoms with Crippen LogP contribution in [0.25, 0.3) is 0 Å². The van der Waals surface area contributed by atoms with Crippen molar-refractivity contribution in [1.29, 1.82) is 0 Å². The van der Waals surface area contributed by atoms with E-state index in [1.807, 2.05) is 0 Å². The zero-order valence-corrected chi connectivity index (χ0v) is 17.7. The number of esters is 1. The van der Waals surface area contributed by atoms with Crippen LogP contribution in [0.4, 0.5) is 4.79 Å². The summed E-state index contributed by atoms with van der Waals surface area (Å²) in [5.74, 6) is -0.240. The Bertz CT molecular complexity index is 362. The van der Waals surface area contributed by atoms with Gasteiger partial charge in [-0.1, -0.05) is 71.6 Å². The Morgan fingerprint density at radius 2 is 1.44 bits per heavy atom. The molecule has 0 aliphatic carbocycles. The third-order valence-corrected chi connectivity index (χ3v) is 4.34. The van der Waals surface area contributed by atoms with Gasteiger partial charge in [-0.25, -0.2) is 4.79 Å². The highest BCUT2D eigenvalue weighted by molar-refractivity contribution is 5.70. The zero-order chi connectivity index (χ0) is 20.2. The molecule has 0 bridgehead atoms. The van der Waals surface area contributed by atoms with Gasteiger partial charge in [-0.3, -0.25) is 4.79 Å². The van der Waals surface area contributed by atoms with Gasteiger partial charge in [0.1, 0.15) is 6.10 Å². The van der Waals surface area contributed by atoms with Gasteiger partial charge < -0.3 is 19.5 Å². The minimum absolute atomic E-state index is 0.199. The number of carbonyl (C=O) groups excluding carboxylic acids is 2. The van der Waals surface area contributed by atoms with E-state index in [4.69, 9.17) is 14.2 Å². The van der Waals surface area contributed by atoms with Crippen LogP contribution in [0.1, 0.15) is 90.9 Å². The molecule has 0 aliphatic heterocycles. The minimum Gasteiger partial charge on any atom is -0.458 e. The molecule has 160 valence electrons. The molecule has 1 amide bonds. The number of methoxy groups -OCH3 is 1. The number of alkyl carbamates (subject to hydrolysis) is 1. The van der Waals surface area contributed by atoms with Crippen LogP contribution >= 0.6 is 0 Å². The molecule has 0 aromatic carbocycles. The van der Waals surface area contributed by atoms with Gasteiger partial charge in [0.2, 0.25) is 0 Å². The number of nitrogens with one attached hydrogen (secondary N) is 1. The lowest BCUT2D eigenvalue weighted by atomic mass is 10.1. The molecule has 0 saturated carbocycles. The van der Waals surface area contributed by atoms with E-state index in [9.17, 15) is 9.59 Å². The van der Waals surface area contributed by atoms with Crippen molar-refractivity contribution < 1.29 is 23.8 Å². The summed E-state index contributed by atoms with van der Waals surface area (Å²) in [5.41, 5.74) is 0. The predicted octanol–water partition coefficient (Wildman–Crippen LogP) is 4.99. The van der Waals surface area contributed by atoms with Gasteiger partial charge in [-0.2, -0.15) is 0 Å². The summed E-state index contributed by atoms with van der Waals surface area (Å²) in [7, 11) is 1.54. The van der Waals surface area contributed by atoms with Crippen molar-refractivity contribution >= 4 is 12.1 Å². The van der Waals surface area contributed by atoms with Gasteiger partial charge in [-0.15, -0.1) is 0 Å². The van der Waals surface area contributed by atoms with Crippen LogP contribution in [0.2, 0.25) is 0 Å². The number of unbranched alkanes of at least 4 members (excludes halogenated alkanes) is 9. The molecule has 6 heteroatoms. The lowest BCUT2D eigenvalue weighted by Crippen LogP contribution is -2.37. The number of rotatable bonds is 18. The fraction of sp³-hybridized carbons (Fsp3) is 0.905. The Kier molecular flexibility index (Phi) is 18.5. The molecule has 1 atom stereocenters. The maximum Gasteiger partial charge on any atom is 0.407 e. The van der Waals surface area contributed by atoms with Crippen molar-refractivity contribution in [1.82, 2.24) is 5.32 Å². The summed E-state index contributed by atoms with van der Waals surface area (Å²) in [6.07, 6.45) is 11.7. The monoisotopic (exact) mass is 387 g/mol. The molecular formula is C21H41NO5. The molecule has 0 radical (unpaired) electrons. The SMILES string of the molecule is CCCCCCCCOC(=O)NCC(COC)OC(=O)CCCCCCC. The van der Waals surface area contributed by atoms with E-state index in [-0.39, 0.29) is 19.1 Å². The van der Waals surface area contributed by atoms with Crippen LogP contribution in [0.15, 0.2) is 0 Å². The van der Waals surface area contributed by atoms with Crippen LogP contribution in [-0.2, 0) is 19.0 Å². The van der Waals surface area contributed by atoms with Crippen molar-refractivity contribution in [3.8, 4) is 0 Å². The maximum atomic E-state index is 11.9. The van der Waals surface area contributed by atoms with Gasteiger partial charge in [0, 0.05) is 13.5 Å². The van der Waals surface area contributed by atoms with Gasteiger partial charge in [0.25, 0.3) is 0 Å². The molecule has 0 spiro atoms. The Hall–Kier alpha value is -1.30. The Morgan fingerprint density at radius 1 is 0.852 bits per heavy atom. The Balaban J connectivity index is 3.82. The summed E-state index contributed by atoms with van der Waals surface area (Å²) in [6.45, 7) is 5.22. The summed E-state index contributed by atoms with van der Waals surface area (Å²) < 4.78 is 15.6. The molecule has 27 heavy (non-hydrogen) atoms. The second kappa shape index (κ2) is 19.5. The Morgan fingerprint density at radius 3 is 2.07 bits per heavy atom. The van der Waals surface area contributed by atoms with E-state index < -0.39 is 12.2 Å². The molecule has 0 fully saturated rings. The lowest BCUT2D eigenvalue weighted by molar-refractivity contribution is -0.151. The van der Waals surface area contributed by atoms with Crippen molar-refractivity contribution in [2.75, 3.05) is 26.9 Å². The van der Waals surface area contributed by atoms with Gasteiger partial charge >= 0.3 is 12.1 Å². The normalized spacial score (nSPS) is 11.8. The highest BCUT2D eigenvalue weighted by Crippen LogP contribution is 2.07. The van der Waals surface area contributed by atoms with Gasteiger partial charge in [0.15, 0.2) is 0 Å². The van der Waals surface area contributed by atoms with E-state index >= 15 is 0 Å². The maximum absolute atomic E-state index is 11.9. The van der Waals surface area contributed by atoms with Crippen molar-refractivity contribution in [2.45, 2.75) is 97.0 Å². The summed E-state index contributed by atoms with van der Waals surface area (Å²) in [5, 5.41) is 2.65. The lowest BCUT2D eigenvalue weighted by Gasteiger charge is -2.17. The van der Waals surface area contributed by atoms with Crippen molar-refractivity contribution in [2.24, 2.45) is 0 Å². The summed E-state index contributed by atoms with van der Waals surface area (Å²) in [4.78, 5) is 23.6. The number of hydrogen-bond acceptors (Lipinski definition) is 5. The Labute approximate surface area is 165 Å². The van der Waals surface area contributed by atoms with Crippen molar-refractivity contribution in [3.05, 3.63) is 0 Å². The highest BCUT2D eigenvalue weighted by Gasteiger charge is 2.16. The quantitative estimate of drug-likeness (QED) is 0.265. The van der Waals surface area contributed by atoms with Crippen LogP contribution in [0.5, 0.6) is 0 Å². The number of amides is 1. The van der Waals surface area contributed by atoms with Gasteiger partial charge in [-0.05, 0) is 12.8 Å². The largest absolute Gasteiger partial charge is 0.458 e. The van der Waals surface area contributed by atoms with E-state index in [1.54, 1.807) is 7.11 Å². The molecular weight excluding hydrogens is 346 g/mol. The van der Waals surface area contributed by atoms with E-state index in [2.05, 4.69) is 19.2 Å². The standard InChI is InChI=1S/C21H41NO5/c1-4-6-8-10-12-14-16-26-21(24)22-17-19(18-25-3)27-20(23)15-13-11-9-7-5-2/h19H,4-18H2,1-3H3,(H,22,24). The first-order chi connectivity index (χ1) is 13.1. The zero-order valence-electron chi connectivity index (χ0n) is 17.7. The van der Waals surface area contributed by atoms with Crippen LogP contribution in [-0.4, -0.2) is 45.0 Å². The molecule has 0 aromatic rings. The smallest absolute Gasteiger partial charge is 0.407 e. The van der Waals surface area contributed by atoms with Crippen LogP contribution < -0.4 is 5.32 Å². The number of carbonyl (C=O) groups is 2. The van der Waals surface area contributed by atoms with Crippen LogP contribution in [0, 0.1) is 0 Å². The number of ether oxygens (including phenoxy) is 3. The fourth-order valence-corrected chi connectivity index (χ4v) is 2.73. The topological polar surface area (TPSA) is 73.9 Å². The average molecular weight is 388 g/mol. The van der Waals surface area contributed by atoms with Gasteiger partial charge in [0.05, 0.1) is 19.8 Å². The van der Waals surface area contributed by atoms with E-state index in [1.165, 1.54) is 38.5 Å². The average Bonchev–Trinajstić information content (AvgIpc) is 2.65. The first-order valence-electron chi connectivity index (χ1n) is 10.7. The fourth-order valence-electron chi connectivity index (χ4n) is 2.73. The highest BCUT2D eigenvalue weighted by atomic mass is 16.6. The molecule has 6 nitrogen and oxygen atoms in total. The molecule has 0 rings (SSSR count). The third-order valence-electron chi connectivity index (χ3n) is 4.34. The summed E-state index contributed by atoms with van der Waals surface area (Å²) >= 11 is 0. The molecule has 0 heterocycles. The first kappa shape index (κ1) is 25.7.